The summed E-state index contributed by atoms with van der Waals surface area (Å²) in [4.78, 5) is 15.4. The van der Waals surface area contributed by atoms with E-state index in [1.54, 1.807) is 5.56 Å². The molecule has 0 saturated heterocycles. The Morgan fingerprint density at radius 1 is 0.397 bits per heavy atom. The standard InChI is InChI=1S/C54H42N4/c55-34-35-14-16-39(17-15-35)46-26-27-47(49-12-6-5-11-48(46)49)40-18-20-43(21-19-40)52-56-51(42-8-2-1-3-9-42)57-53(58-52)50-13-7-4-10-45(50)41-22-24-44(25-23-41)54-31-36-28-37(32-54)30-38(29-36)33-54/h1-27,36-38H,28-33H2/t36-,37+,38-,54?. The van der Waals surface area contributed by atoms with Crippen molar-refractivity contribution in [1.82, 2.24) is 15.0 Å². The zero-order valence-electron chi connectivity index (χ0n) is 32.4. The highest BCUT2D eigenvalue weighted by molar-refractivity contribution is 6.05. The number of nitriles is 1. The van der Waals surface area contributed by atoms with Crippen molar-refractivity contribution in [3.8, 4) is 73.6 Å². The Hall–Kier alpha value is -6.70. The molecule has 58 heavy (non-hydrogen) atoms. The second-order valence-electron chi connectivity index (χ2n) is 17.0. The van der Waals surface area contributed by atoms with E-state index in [-0.39, 0.29) is 0 Å². The molecule has 4 saturated carbocycles. The van der Waals surface area contributed by atoms with Gasteiger partial charge in [-0.05, 0) is 124 Å². The van der Waals surface area contributed by atoms with Crippen LogP contribution in [0.4, 0.5) is 0 Å². The summed E-state index contributed by atoms with van der Waals surface area (Å²) in [5, 5.41) is 11.7. The van der Waals surface area contributed by atoms with Gasteiger partial charge in [0.1, 0.15) is 0 Å². The molecule has 4 fully saturated rings. The van der Waals surface area contributed by atoms with E-state index in [0.717, 1.165) is 62.3 Å². The zero-order valence-corrected chi connectivity index (χ0v) is 32.4. The van der Waals surface area contributed by atoms with Crippen molar-refractivity contribution in [3.05, 3.63) is 175 Å². The van der Waals surface area contributed by atoms with Gasteiger partial charge in [0.25, 0.3) is 0 Å². The van der Waals surface area contributed by atoms with Gasteiger partial charge in [-0.3, -0.25) is 0 Å². The van der Waals surface area contributed by atoms with E-state index in [2.05, 4.69) is 127 Å². The topological polar surface area (TPSA) is 62.5 Å². The molecule has 4 aliphatic rings. The highest BCUT2D eigenvalue weighted by Gasteiger charge is 2.51. The van der Waals surface area contributed by atoms with Crippen LogP contribution in [0.25, 0.3) is 78.3 Å². The van der Waals surface area contributed by atoms with Crippen molar-refractivity contribution >= 4 is 10.8 Å². The van der Waals surface area contributed by atoms with Crippen molar-refractivity contribution in [2.45, 2.75) is 43.9 Å². The van der Waals surface area contributed by atoms with Crippen molar-refractivity contribution in [1.29, 1.82) is 5.26 Å². The maximum absolute atomic E-state index is 9.32. The lowest BCUT2D eigenvalue weighted by atomic mass is 9.48. The van der Waals surface area contributed by atoms with Gasteiger partial charge in [-0.15, -0.1) is 0 Å². The van der Waals surface area contributed by atoms with E-state index in [1.165, 1.54) is 54.9 Å². The van der Waals surface area contributed by atoms with Crippen molar-refractivity contribution in [3.63, 3.8) is 0 Å². The average molecular weight is 747 g/mol. The largest absolute Gasteiger partial charge is 0.208 e. The summed E-state index contributed by atoms with van der Waals surface area (Å²) in [7, 11) is 0. The van der Waals surface area contributed by atoms with Gasteiger partial charge >= 0.3 is 0 Å². The van der Waals surface area contributed by atoms with Gasteiger partial charge < -0.3 is 0 Å². The highest BCUT2D eigenvalue weighted by atomic mass is 15.0. The van der Waals surface area contributed by atoms with E-state index in [0.29, 0.717) is 28.5 Å². The molecule has 1 heterocycles. The van der Waals surface area contributed by atoms with Gasteiger partial charge in [-0.1, -0.05) is 152 Å². The fraction of sp³-hybridized carbons (Fsp3) is 0.185. The molecule has 278 valence electrons. The van der Waals surface area contributed by atoms with E-state index >= 15 is 0 Å². The first kappa shape index (κ1) is 34.5. The predicted octanol–water partition coefficient (Wildman–Crippen LogP) is 13.4. The van der Waals surface area contributed by atoms with Crippen LogP contribution >= 0.6 is 0 Å². The number of rotatable bonds is 7. The summed E-state index contributed by atoms with van der Waals surface area (Å²) in [5.74, 6) is 4.73. The minimum absolute atomic E-state index is 0.374. The quantitative estimate of drug-likeness (QED) is 0.163. The van der Waals surface area contributed by atoms with Crippen LogP contribution in [0.5, 0.6) is 0 Å². The second kappa shape index (κ2) is 14.0. The normalized spacial score (nSPS) is 20.6. The van der Waals surface area contributed by atoms with Crippen molar-refractivity contribution in [2.24, 2.45) is 17.8 Å². The third kappa shape index (κ3) is 6.10. The molecule has 12 rings (SSSR count). The molecule has 0 amide bonds. The predicted molar refractivity (Wildman–Crippen MR) is 235 cm³/mol. The fourth-order valence-corrected chi connectivity index (χ4v) is 11.1. The van der Waals surface area contributed by atoms with Crippen LogP contribution in [0.2, 0.25) is 0 Å². The first-order valence-electron chi connectivity index (χ1n) is 20.7. The van der Waals surface area contributed by atoms with Gasteiger partial charge in [0.2, 0.25) is 0 Å². The Balaban J connectivity index is 0.954. The van der Waals surface area contributed by atoms with Crippen LogP contribution in [-0.4, -0.2) is 15.0 Å². The molecule has 4 aliphatic carbocycles. The van der Waals surface area contributed by atoms with Crippen LogP contribution in [0.15, 0.2) is 164 Å². The molecule has 4 heteroatoms. The third-order valence-corrected chi connectivity index (χ3v) is 13.4. The van der Waals surface area contributed by atoms with Gasteiger partial charge in [0.05, 0.1) is 11.6 Å². The second-order valence-corrected chi connectivity index (χ2v) is 17.0. The summed E-state index contributed by atoms with van der Waals surface area (Å²) in [6.45, 7) is 0. The molecule has 4 bridgehead atoms. The van der Waals surface area contributed by atoms with Crippen molar-refractivity contribution in [2.75, 3.05) is 0 Å². The molecule has 0 unspecified atom stereocenters. The van der Waals surface area contributed by atoms with Crippen molar-refractivity contribution < 1.29 is 0 Å². The first-order valence-corrected chi connectivity index (χ1v) is 20.7. The summed E-state index contributed by atoms with van der Waals surface area (Å²) < 4.78 is 0. The van der Waals surface area contributed by atoms with E-state index in [1.807, 2.05) is 42.5 Å². The molecule has 0 aliphatic heterocycles. The highest BCUT2D eigenvalue weighted by Crippen LogP contribution is 2.60. The van der Waals surface area contributed by atoms with Crippen LogP contribution in [-0.2, 0) is 5.41 Å². The molecule has 7 aromatic carbocycles. The number of benzene rings is 7. The molecule has 8 aromatic rings. The number of aromatic nitrogens is 3. The van der Waals surface area contributed by atoms with Gasteiger partial charge in [0, 0.05) is 16.7 Å². The lowest BCUT2D eigenvalue weighted by molar-refractivity contribution is -0.00518. The molecule has 0 N–H and O–H groups in total. The molecule has 0 spiro atoms. The van der Waals surface area contributed by atoms with Gasteiger partial charge in [0.15, 0.2) is 17.5 Å². The van der Waals surface area contributed by atoms with Gasteiger partial charge in [-0.2, -0.15) is 5.26 Å². The maximum atomic E-state index is 9.32. The lowest BCUT2D eigenvalue weighted by Crippen LogP contribution is -2.48. The summed E-state index contributed by atoms with van der Waals surface area (Å²) in [6, 6.07) is 59.9. The smallest absolute Gasteiger partial charge is 0.164 e. The molecule has 0 radical (unpaired) electrons. The van der Waals surface area contributed by atoms with Crippen LogP contribution in [0, 0.1) is 29.1 Å². The van der Waals surface area contributed by atoms with E-state index in [9.17, 15) is 5.26 Å². The number of hydrogen-bond donors (Lipinski definition) is 0. The SMILES string of the molecule is N#Cc1ccc(-c2ccc(-c3ccc(-c4nc(-c5ccccc5)nc(-c5ccccc5-c5ccc(C67C[C@H]8C[C@@H](C6)C[C@@H](C7)C8)cc5)n4)cc3)c3ccccc23)cc1. The zero-order chi connectivity index (χ0) is 38.6. The Labute approximate surface area is 340 Å². The minimum atomic E-state index is 0.374. The Bertz CT molecular complexity index is 2820. The number of fused-ring (bicyclic) bond motifs is 1. The third-order valence-electron chi connectivity index (χ3n) is 13.4. The monoisotopic (exact) mass is 746 g/mol. The van der Waals surface area contributed by atoms with E-state index in [4.69, 9.17) is 15.0 Å². The van der Waals surface area contributed by atoms with Crippen LogP contribution in [0.3, 0.4) is 0 Å². The lowest BCUT2D eigenvalue weighted by Gasteiger charge is -2.57. The summed E-state index contributed by atoms with van der Waals surface area (Å²) >= 11 is 0. The van der Waals surface area contributed by atoms with Gasteiger partial charge in [-0.25, -0.2) is 15.0 Å². The maximum Gasteiger partial charge on any atom is 0.164 e. The Morgan fingerprint density at radius 2 is 0.828 bits per heavy atom. The molecule has 0 atom stereocenters. The Kier molecular flexibility index (Phi) is 8.36. The number of nitrogens with zero attached hydrogens (tertiary/aromatic N) is 4. The fourth-order valence-electron chi connectivity index (χ4n) is 11.1. The molecule has 4 nitrogen and oxygen atoms in total. The van der Waals surface area contributed by atoms with Crippen LogP contribution in [0.1, 0.15) is 49.7 Å². The summed E-state index contributed by atoms with van der Waals surface area (Å²) in [6.07, 6.45) is 8.49. The molecular formula is C54H42N4. The minimum Gasteiger partial charge on any atom is -0.208 e. The Morgan fingerprint density at radius 3 is 1.40 bits per heavy atom. The molecule has 1 aromatic heterocycles. The van der Waals surface area contributed by atoms with E-state index < -0.39 is 0 Å². The number of hydrogen-bond acceptors (Lipinski definition) is 4. The first-order chi connectivity index (χ1) is 28.6. The summed E-state index contributed by atoms with van der Waals surface area (Å²) in [5.41, 5.74) is 12.3. The van der Waals surface area contributed by atoms with Crippen LogP contribution < -0.4 is 0 Å². The average Bonchev–Trinajstić information content (AvgIpc) is 3.28. The molecular weight excluding hydrogens is 705 g/mol.